The van der Waals surface area contributed by atoms with E-state index in [9.17, 15) is 9.59 Å². The lowest BCUT2D eigenvalue weighted by Crippen LogP contribution is -2.39. The van der Waals surface area contributed by atoms with Gasteiger partial charge in [-0.1, -0.05) is 41.7 Å². The number of rotatable bonds is 3. The Hall–Kier alpha value is -3.19. The number of fused-ring (bicyclic) bond motifs is 1. The lowest BCUT2D eigenvalue weighted by atomic mass is 9.96. The number of aromatic nitrogens is 1. The Kier molecular flexibility index (Phi) is 4.37. The molecule has 0 radical (unpaired) electrons. The van der Waals surface area contributed by atoms with Crippen LogP contribution in [0.15, 0.2) is 74.4 Å². The molecule has 3 heterocycles. The number of thiazole rings is 1. The summed E-state index contributed by atoms with van der Waals surface area (Å²) in [6, 6.07) is 10.6. The van der Waals surface area contributed by atoms with Gasteiger partial charge in [0, 0.05) is 5.56 Å². The molecule has 4 rings (SSSR count). The van der Waals surface area contributed by atoms with E-state index < -0.39 is 12.0 Å². The van der Waals surface area contributed by atoms with Crippen LogP contribution in [-0.2, 0) is 9.53 Å². The van der Waals surface area contributed by atoms with Crippen molar-refractivity contribution in [1.29, 1.82) is 0 Å². The molecule has 2 aromatic heterocycles. The number of ether oxygens (including phenoxy) is 1. The Morgan fingerprint density at radius 1 is 1.30 bits per heavy atom. The number of hydrogen-bond acceptors (Lipinski definition) is 6. The van der Waals surface area contributed by atoms with Crippen molar-refractivity contribution in [3.05, 3.63) is 91.0 Å². The van der Waals surface area contributed by atoms with Crippen molar-refractivity contribution in [2.75, 3.05) is 7.11 Å². The van der Waals surface area contributed by atoms with Crippen LogP contribution < -0.4 is 14.9 Å². The van der Waals surface area contributed by atoms with Crippen molar-refractivity contribution in [3.8, 4) is 0 Å². The lowest BCUT2D eigenvalue weighted by Gasteiger charge is -2.24. The quantitative estimate of drug-likeness (QED) is 0.652. The average molecular weight is 380 g/mol. The summed E-state index contributed by atoms with van der Waals surface area (Å²) in [5.74, 6) is -0.491. The van der Waals surface area contributed by atoms with Gasteiger partial charge in [0.05, 0.1) is 41.5 Å². The molecule has 1 aliphatic heterocycles. The summed E-state index contributed by atoms with van der Waals surface area (Å²) in [4.78, 5) is 30.7. The molecule has 1 atom stereocenters. The maximum atomic E-state index is 13.2. The first-order valence-electron chi connectivity index (χ1n) is 8.28. The van der Waals surface area contributed by atoms with E-state index in [0.29, 0.717) is 20.6 Å². The highest BCUT2D eigenvalue weighted by atomic mass is 32.1. The fourth-order valence-electron chi connectivity index (χ4n) is 3.15. The highest BCUT2D eigenvalue weighted by Gasteiger charge is 2.32. The Bertz CT molecular complexity index is 1200. The first kappa shape index (κ1) is 17.2. The SMILES string of the molecule is COC(=O)C1=C(C)N=c2s/c(=C/c3ccoc3)c(=O)n2[C@@H]1c1ccccc1. The maximum absolute atomic E-state index is 13.2. The third-order valence-electron chi connectivity index (χ3n) is 4.38. The zero-order valence-electron chi connectivity index (χ0n) is 14.7. The Morgan fingerprint density at radius 3 is 2.74 bits per heavy atom. The van der Waals surface area contributed by atoms with E-state index in [0.717, 1.165) is 11.1 Å². The molecule has 0 saturated heterocycles. The van der Waals surface area contributed by atoms with E-state index in [4.69, 9.17) is 9.15 Å². The zero-order chi connectivity index (χ0) is 19.0. The minimum absolute atomic E-state index is 0.206. The highest BCUT2D eigenvalue weighted by molar-refractivity contribution is 7.07. The first-order valence-corrected chi connectivity index (χ1v) is 9.10. The molecule has 0 aliphatic carbocycles. The average Bonchev–Trinajstić information content (AvgIpc) is 3.29. The van der Waals surface area contributed by atoms with Crippen LogP contribution >= 0.6 is 11.3 Å². The van der Waals surface area contributed by atoms with Crippen LogP contribution in [-0.4, -0.2) is 17.6 Å². The number of carbonyl (C=O) groups excluding carboxylic acids is 1. The second-order valence-corrected chi connectivity index (χ2v) is 7.05. The molecular formula is C20H16N2O4S. The summed E-state index contributed by atoms with van der Waals surface area (Å²) in [7, 11) is 1.33. The molecule has 136 valence electrons. The molecule has 7 heteroatoms. The molecule has 0 bridgehead atoms. The molecule has 0 saturated carbocycles. The Balaban J connectivity index is 2.00. The van der Waals surface area contributed by atoms with E-state index in [1.54, 1.807) is 36.2 Å². The van der Waals surface area contributed by atoms with Crippen molar-refractivity contribution in [2.24, 2.45) is 4.99 Å². The van der Waals surface area contributed by atoms with Crippen LogP contribution in [0.25, 0.3) is 6.08 Å². The summed E-state index contributed by atoms with van der Waals surface area (Å²) in [5.41, 5.74) is 2.32. The molecule has 1 aromatic carbocycles. The van der Waals surface area contributed by atoms with Gasteiger partial charge in [0.25, 0.3) is 5.56 Å². The van der Waals surface area contributed by atoms with Crippen molar-refractivity contribution in [1.82, 2.24) is 4.57 Å². The van der Waals surface area contributed by atoms with Crippen LogP contribution in [0.5, 0.6) is 0 Å². The number of hydrogen-bond donors (Lipinski definition) is 0. The minimum atomic E-state index is -0.582. The van der Waals surface area contributed by atoms with Crippen LogP contribution in [0.3, 0.4) is 0 Å². The third-order valence-corrected chi connectivity index (χ3v) is 5.37. The first-order chi connectivity index (χ1) is 13.1. The zero-order valence-corrected chi connectivity index (χ0v) is 15.5. The Morgan fingerprint density at radius 2 is 2.07 bits per heavy atom. The van der Waals surface area contributed by atoms with Crippen LogP contribution in [0.1, 0.15) is 24.1 Å². The number of methoxy groups -OCH3 is 1. The van der Waals surface area contributed by atoms with Crippen LogP contribution in [0.4, 0.5) is 0 Å². The number of benzene rings is 1. The van der Waals surface area contributed by atoms with Crippen molar-refractivity contribution in [3.63, 3.8) is 0 Å². The number of esters is 1. The topological polar surface area (TPSA) is 73.8 Å². The second-order valence-electron chi connectivity index (χ2n) is 6.04. The summed E-state index contributed by atoms with van der Waals surface area (Å²) < 4.78 is 12.1. The predicted octanol–water partition coefficient (Wildman–Crippen LogP) is 2.00. The molecule has 6 nitrogen and oxygen atoms in total. The van der Waals surface area contributed by atoms with Gasteiger partial charge in [-0.3, -0.25) is 9.36 Å². The van der Waals surface area contributed by atoms with Crippen molar-refractivity contribution in [2.45, 2.75) is 13.0 Å². The molecule has 0 spiro atoms. The maximum Gasteiger partial charge on any atom is 0.338 e. The normalized spacial score (nSPS) is 16.8. The van der Waals surface area contributed by atoms with E-state index in [2.05, 4.69) is 4.99 Å². The van der Waals surface area contributed by atoms with E-state index in [1.165, 1.54) is 18.4 Å². The smallest absolute Gasteiger partial charge is 0.338 e. The van der Waals surface area contributed by atoms with E-state index in [-0.39, 0.29) is 5.56 Å². The van der Waals surface area contributed by atoms with Crippen LogP contribution in [0, 0.1) is 0 Å². The number of furan rings is 1. The standard InChI is InChI=1S/C20H16N2O4S/c1-12-16(19(24)25-2)17(14-6-4-3-5-7-14)22-18(23)15(27-20(22)21-12)10-13-8-9-26-11-13/h3-11,17H,1-2H3/b15-10+/t17-/m1/s1. The van der Waals surface area contributed by atoms with E-state index in [1.807, 2.05) is 30.3 Å². The van der Waals surface area contributed by atoms with Gasteiger partial charge in [0.15, 0.2) is 4.80 Å². The van der Waals surface area contributed by atoms with Crippen molar-refractivity contribution < 1.29 is 13.9 Å². The van der Waals surface area contributed by atoms with Crippen molar-refractivity contribution >= 4 is 23.4 Å². The largest absolute Gasteiger partial charge is 0.472 e. The summed E-state index contributed by atoms with van der Waals surface area (Å²) in [6.07, 6.45) is 4.87. The molecule has 3 aromatic rings. The predicted molar refractivity (Wildman–Crippen MR) is 101 cm³/mol. The van der Waals surface area contributed by atoms with Gasteiger partial charge in [-0.05, 0) is 24.6 Å². The summed E-state index contributed by atoms with van der Waals surface area (Å²) in [6.45, 7) is 1.76. The van der Waals surface area contributed by atoms with Gasteiger partial charge in [0.2, 0.25) is 0 Å². The van der Waals surface area contributed by atoms with E-state index >= 15 is 0 Å². The second kappa shape index (κ2) is 6.85. The summed E-state index contributed by atoms with van der Waals surface area (Å²) >= 11 is 1.28. The van der Waals surface area contributed by atoms with Crippen LogP contribution in [0.2, 0.25) is 0 Å². The number of nitrogens with zero attached hydrogens (tertiary/aromatic N) is 2. The van der Waals surface area contributed by atoms with Gasteiger partial charge in [-0.2, -0.15) is 0 Å². The van der Waals surface area contributed by atoms with Gasteiger partial charge in [0.1, 0.15) is 0 Å². The molecule has 0 fully saturated rings. The Labute approximate surface area is 158 Å². The monoisotopic (exact) mass is 380 g/mol. The van der Waals surface area contributed by atoms with Gasteiger partial charge in [-0.25, -0.2) is 9.79 Å². The third kappa shape index (κ3) is 2.96. The fraction of sp³-hybridized carbons (Fsp3) is 0.150. The van der Waals surface area contributed by atoms with Gasteiger partial charge < -0.3 is 9.15 Å². The molecule has 0 unspecified atom stereocenters. The lowest BCUT2D eigenvalue weighted by molar-refractivity contribution is -0.136. The fourth-order valence-corrected chi connectivity index (χ4v) is 4.20. The molecule has 1 aliphatic rings. The van der Waals surface area contributed by atoms with Gasteiger partial charge in [-0.15, -0.1) is 0 Å². The number of allylic oxidation sites excluding steroid dienone is 1. The molecule has 27 heavy (non-hydrogen) atoms. The summed E-state index contributed by atoms with van der Waals surface area (Å²) in [5, 5.41) is 0. The molecule has 0 N–H and O–H groups in total. The highest BCUT2D eigenvalue weighted by Crippen LogP contribution is 2.30. The molecular weight excluding hydrogens is 364 g/mol. The minimum Gasteiger partial charge on any atom is -0.472 e. The number of carbonyl (C=O) groups is 1. The van der Waals surface area contributed by atoms with Gasteiger partial charge >= 0.3 is 5.97 Å². The molecule has 0 amide bonds.